The summed E-state index contributed by atoms with van der Waals surface area (Å²) in [5.74, 6) is -0.523. The molecule has 202 valence electrons. The zero-order chi connectivity index (χ0) is 27.7. The van der Waals surface area contributed by atoms with Crippen LogP contribution in [0.15, 0.2) is 83.3 Å². The van der Waals surface area contributed by atoms with E-state index in [0.29, 0.717) is 12.3 Å². The van der Waals surface area contributed by atoms with Crippen molar-refractivity contribution in [2.75, 3.05) is 30.8 Å². The number of nitrogens with zero attached hydrogens (tertiary/aromatic N) is 2. The van der Waals surface area contributed by atoms with Crippen LogP contribution in [0.1, 0.15) is 18.1 Å². The summed E-state index contributed by atoms with van der Waals surface area (Å²) < 4.78 is 33.0. The second kappa shape index (κ2) is 13.4. The first-order valence-electron chi connectivity index (χ1n) is 12.1. The van der Waals surface area contributed by atoms with Gasteiger partial charge in [-0.25, -0.2) is 8.42 Å². The maximum absolute atomic E-state index is 14.0. The van der Waals surface area contributed by atoms with Gasteiger partial charge in [0.1, 0.15) is 18.3 Å². The number of para-hydroxylation sites is 2. The molecule has 3 aromatic carbocycles. The molecule has 0 aromatic heterocycles. The van der Waals surface area contributed by atoms with Crippen LogP contribution in [0.2, 0.25) is 0 Å². The normalized spacial score (nSPS) is 11.9. The number of nitrogens with one attached hydrogen (secondary N) is 1. The van der Waals surface area contributed by atoms with Crippen molar-refractivity contribution < 1.29 is 22.7 Å². The molecule has 0 saturated carbocycles. The third-order valence-electron chi connectivity index (χ3n) is 5.90. The van der Waals surface area contributed by atoms with Gasteiger partial charge in [0, 0.05) is 24.0 Å². The molecule has 10 heteroatoms. The van der Waals surface area contributed by atoms with Crippen molar-refractivity contribution in [1.82, 2.24) is 10.2 Å². The fourth-order valence-electron chi connectivity index (χ4n) is 4.11. The summed E-state index contributed by atoms with van der Waals surface area (Å²) in [5, 5.41) is 2.84. The minimum absolute atomic E-state index is 0.108. The maximum Gasteiger partial charge on any atom is 0.244 e. The topological polar surface area (TPSA) is 96.0 Å². The number of hydrogen-bond acceptors (Lipinski definition) is 5. The van der Waals surface area contributed by atoms with Gasteiger partial charge in [0.05, 0.1) is 19.1 Å². The van der Waals surface area contributed by atoms with E-state index >= 15 is 0 Å². The van der Waals surface area contributed by atoms with E-state index in [1.165, 1.54) is 12.0 Å². The predicted molar refractivity (Wildman–Crippen MR) is 152 cm³/mol. The lowest BCUT2D eigenvalue weighted by molar-refractivity contribution is -0.140. The number of ether oxygens (including phenoxy) is 1. The Hall–Kier alpha value is -3.37. The summed E-state index contributed by atoms with van der Waals surface area (Å²) in [6.07, 6.45) is 1.30. The Kier molecular flexibility index (Phi) is 10.3. The summed E-state index contributed by atoms with van der Waals surface area (Å²) in [6.45, 7) is 1.80. The van der Waals surface area contributed by atoms with Gasteiger partial charge in [0.2, 0.25) is 21.8 Å². The molecule has 0 spiro atoms. The summed E-state index contributed by atoms with van der Waals surface area (Å²) >= 11 is 3.46. The first-order valence-corrected chi connectivity index (χ1v) is 14.7. The van der Waals surface area contributed by atoms with E-state index < -0.39 is 28.5 Å². The number of sulfonamides is 1. The summed E-state index contributed by atoms with van der Waals surface area (Å²) in [4.78, 5) is 28.8. The van der Waals surface area contributed by atoms with Crippen molar-refractivity contribution >= 4 is 43.5 Å². The summed E-state index contributed by atoms with van der Waals surface area (Å²) in [5.41, 5.74) is 1.91. The molecule has 8 nitrogen and oxygen atoms in total. The van der Waals surface area contributed by atoms with Crippen LogP contribution in [-0.4, -0.2) is 57.6 Å². The third kappa shape index (κ3) is 7.82. The van der Waals surface area contributed by atoms with Gasteiger partial charge in [-0.2, -0.15) is 0 Å². The number of methoxy groups -OCH3 is 1. The largest absolute Gasteiger partial charge is 0.495 e. The van der Waals surface area contributed by atoms with Gasteiger partial charge in [0.15, 0.2) is 0 Å². The molecule has 1 atom stereocenters. The highest BCUT2D eigenvalue weighted by atomic mass is 79.9. The second-order valence-electron chi connectivity index (χ2n) is 8.69. The Morgan fingerprint density at radius 1 is 0.974 bits per heavy atom. The SMILES string of the molecule is CCNC(=O)C(Cc1ccccc1)N(Cc1cccc(Br)c1)C(=O)CN(c1ccccc1OC)S(C)(=O)=O. The maximum atomic E-state index is 14.0. The number of halogens is 1. The Morgan fingerprint density at radius 2 is 1.63 bits per heavy atom. The number of carbonyl (C=O) groups excluding carboxylic acids is 2. The molecule has 0 aliphatic carbocycles. The predicted octanol–water partition coefficient (Wildman–Crippen LogP) is 4.00. The summed E-state index contributed by atoms with van der Waals surface area (Å²) in [6, 6.07) is 22.6. The van der Waals surface area contributed by atoms with Gasteiger partial charge in [-0.1, -0.05) is 70.5 Å². The number of hydrogen-bond donors (Lipinski definition) is 1. The quantitative estimate of drug-likeness (QED) is 0.338. The van der Waals surface area contributed by atoms with E-state index in [2.05, 4.69) is 21.2 Å². The lowest BCUT2D eigenvalue weighted by Gasteiger charge is -2.33. The van der Waals surface area contributed by atoms with Crippen molar-refractivity contribution in [3.05, 3.63) is 94.5 Å². The van der Waals surface area contributed by atoms with Crippen molar-refractivity contribution in [3.63, 3.8) is 0 Å². The van der Waals surface area contributed by atoms with Crippen LogP contribution in [0.4, 0.5) is 5.69 Å². The molecule has 1 unspecified atom stereocenters. The molecule has 1 N–H and O–H groups in total. The van der Waals surface area contributed by atoms with Crippen LogP contribution < -0.4 is 14.4 Å². The van der Waals surface area contributed by atoms with Crippen LogP contribution in [0, 0.1) is 0 Å². The average molecular weight is 603 g/mol. The van der Waals surface area contributed by atoms with Gasteiger partial charge in [-0.3, -0.25) is 13.9 Å². The van der Waals surface area contributed by atoms with E-state index in [0.717, 1.165) is 26.2 Å². The number of amides is 2. The summed E-state index contributed by atoms with van der Waals surface area (Å²) in [7, 11) is -2.44. The first-order chi connectivity index (χ1) is 18.1. The molecular formula is C28H32BrN3O5S. The Labute approximate surface area is 232 Å². The number of carbonyl (C=O) groups is 2. The lowest BCUT2D eigenvalue weighted by atomic mass is 10.0. The van der Waals surface area contributed by atoms with Crippen LogP contribution in [-0.2, 0) is 32.6 Å². The number of rotatable bonds is 12. The third-order valence-corrected chi connectivity index (χ3v) is 7.52. The zero-order valence-corrected chi connectivity index (χ0v) is 24.0. The van der Waals surface area contributed by atoms with E-state index in [1.807, 2.05) is 61.5 Å². The Balaban J connectivity index is 2.06. The highest BCUT2D eigenvalue weighted by Gasteiger charge is 2.33. The van der Waals surface area contributed by atoms with Crippen molar-refractivity contribution in [2.24, 2.45) is 0 Å². The average Bonchev–Trinajstić information content (AvgIpc) is 2.89. The van der Waals surface area contributed by atoms with Crippen LogP contribution in [0.25, 0.3) is 0 Å². The molecule has 0 saturated heterocycles. The van der Waals surface area contributed by atoms with Crippen molar-refractivity contribution in [3.8, 4) is 5.75 Å². The van der Waals surface area contributed by atoms with Crippen LogP contribution in [0.3, 0.4) is 0 Å². The van der Waals surface area contributed by atoms with Gasteiger partial charge in [-0.15, -0.1) is 0 Å². The molecular weight excluding hydrogens is 570 g/mol. The molecule has 0 radical (unpaired) electrons. The van der Waals surface area contributed by atoms with E-state index in [9.17, 15) is 18.0 Å². The molecule has 0 aliphatic heterocycles. The van der Waals surface area contributed by atoms with Crippen LogP contribution >= 0.6 is 15.9 Å². The molecule has 0 bridgehead atoms. The fourth-order valence-corrected chi connectivity index (χ4v) is 5.41. The molecule has 3 rings (SSSR count). The highest BCUT2D eigenvalue weighted by Crippen LogP contribution is 2.30. The number of anilines is 1. The second-order valence-corrected chi connectivity index (χ2v) is 11.5. The van der Waals surface area contributed by atoms with E-state index in [4.69, 9.17) is 4.74 Å². The molecule has 0 fully saturated rings. The molecule has 2 amide bonds. The van der Waals surface area contributed by atoms with Gasteiger partial charge >= 0.3 is 0 Å². The van der Waals surface area contributed by atoms with E-state index in [1.54, 1.807) is 24.3 Å². The molecule has 0 aliphatic rings. The smallest absolute Gasteiger partial charge is 0.244 e. The van der Waals surface area contributed by atoms with Crippen LogP contribution in [0.5, 0.6) is 5.75 Å². The van der Waals surface area contributed by atoms with Crippen molar-refractivity contribution in [2.45, 2.75) is 25.9 Å². The molecule has 0 heterocycles. The van der Waals surface area contributed by atoms with Gasteiger partial charge in [0.25, 0.3) is 0 Å². The number of benzene rings is 3. The highest BCUT2D eigenvalue weighted by molar-refractivity contribution is 9.10. The number of likely N-dealkylation sites (N-methyl/N-ethyl adjacent to an activating group) is 1. The molecule has 38 heavy (non-hydrogen) atoms. The monoisotopic (exact) mass is 601 g/mol. The lowest BCUT2D eigenvalue weighted by Crippen LogP contribution is -2.53. The van der Waals surface area contributed by atoms with Gasteiger partial charge in [-0.05, 0) is 42.3 Å². The minimum Gasteiger partial charge on any atom is -0.495 e. The Bertz CT molecular complexity index is 1350. The van der Waals surface area contributed by atoms with E-state index in [-0.39, 0.29) is 24.6 Å². The Morgan fingerprint density at radius 3 is 2.26 bits per heavy atom. The van der Waals surface area contributed by atoms with Crippen molar-refractivity contribution in [1.29, 1.82) is 0 Å². The minimum atomic E-state index is -3.88. The standard InChI is InChI=1S/C28H32BrN3O5S/c1-4-30-28(34)25(18-21-11-6-5-7-12-21)31(19-22-13-10-14-23(29)17-22)27(33)20-32(38(3,35)36)24-15-8-9-16-26(24)37-2/h5-17,25H,4,18-20H2,1-3H3,(H,30,34). The zero-order valence-electron chi connectivity index (χ0n) is 21.6. The first kappa shape index (κ1) is 29.2. The van der Waals surface area contributed by atoms with Gasteiger partial charge < -0.3 is 15.0 Å². The fraction of sp³-hybridized carbons (Fsp3) is 0.286. The molecule has 3 aromatic rings.